The molecule has 0 unspecified atom stereocenters. The third-order valence-electron chi connectivity index (χ3n) is 3.54. The average Bonchev–Trinajstić information content (AvgIpc) is 3.08. The fourth-order valence-electron chi connectivity index (χ4n) is 2.18. The van der Waals surface area contributed by atoms with E-state index in [1.54, 1.807) is 29.4 Å². The molecular weight excluding hydrogens is 338 g/mol. The first-order valence-corrected chi connectivity index (χ1v) is 7.73. The van der Waals surface area contributed by atoms with E-state index in [4.69, 9.17) is 10.2 Å². The van der Waals surface area contributed by atoms with Crippen LogP contribution in [-0.2, 0) is 0 Å². The number of amides is 2. The molecule has 0 aliphatic heterocycles. The smallest absolute Gasteiger partial charge is 0.416 e. The first kappa shape index (κ1) is 18.7. The van der Waals surface area contributed by atoms with E-state index in [0.717, 1.165) is 5.56 Å². The Hall–Kier alpha value is -3.67. The number of carboxylic acid groups (broad SMARTS) is 2. The van der Waals surface area contributed by atoms with Crippen molar-refractivity contribution in [2.75, 3.05) is 6.54 Å². The number of hydrogen-bond acceptors (Lipinski definition) is 5. The van der Waals surface area contributed by atoms with Gasteiger partial charge in [0.05, 0.1) is 11.3 Å². The number of imide groups is 1. The van der Waals surface area contributed by atoms with Crippen LogP contribution in [0.3, 0.4) is 0 Å². The van der Waals surface area contributed by atoms with Crippen molar-refractivity contribution in [3.63, 3.8) is 0 Å². The standard InChI is InChI=1S/C17H17N5O4/c1-12-5-6-15(19-9-12)21-10-14(20-11-21)13(8-18)4-2-3-7-22(16(23)24)17(25)26/h4-6,9-11H,2-3,7H2,1H3,(H,23,24)(H,25,26)/b13-4+. The van der Waals surface area contributed by atoms with Gasteiger partial charge in [-0.25, -0.2) is 24.5 Å². The van der Waals surface area contributed by atoms with Gasteiger partial charge in [-0.2, -0.15) is 5.26 Å². The Labute approximate surface area is 149 Å². The van der Waals surface area contributed by atoms with Gasteiger partial charge in [0, 0.05) is 18.9 Å². The zero-order chi connectivity index (χ0) is 19.1. The Bertz CT molecular complexity index is 850. The predicted octanol–water partition coefficient (Wildman–Crippen LogP) is 2.92. The lowest BCUT2D eigenvalue weighted by molar-refractivity contribution is 0.122. The molecule has 0 fully saturated rings. The van der Waals surface area contributed by atoms with E-state index in [2.05, 4.69) is 9.97 Å². The normalized spacial score (nSPS) is 11.0. The highest BCUT2D eigenvalue weighted by Gasteiger charge is 2.18. The van der Waals surface area contributed by atoms with Crippen molar-refractivity contribution in [3.8, 4) is 11.9 Å². The third-order valence-corrected chi connectivity index (χ3v) is 3.54. The fourth-order valence-corrected chi connectivity index (χ4v) is 2.18. The summed E-state index contributed by atoms with van der Waals surface area (Å²) in [6.45, 7) is 1.77. The molecule has 0 radical (unpaired) electrons. The first-order chi connectivity index (χ1) is 12.4. The van der Waals surface area contributed by atoms with Crippen molar-refractivity contribution in [3.05, 3.63) is 48.2 Å². The van der Waals surface area contributed by atoms with Crippen molar-refractivity contribution in [2.24, 2.45) is 0 Å². The number of nitrogens with zero attached hydrogens (tertiary/aromatic N) is 5. The molecule has 26 heavy (non-hydrogen) atoms. The van der Waals surface area contributed by atoms with Crippen LogP contribution < -0.4 is 0 Å². The highest BCUT2D eigenvalue weighted by molar-refractivity contribution is 5.85. The van der Waals surface area contributed by atoms with Gasteiger partial charge >= 0.3 is 12.2 Å². The summed E-state index contributed by atoms with van der Waals surface area (Å²) in [5.41, 5.74) is 1.82. The van der Waals surface area contributed by atoms with E-state index in [9.17, 15) is 14.9 Å². The summed E-state index contributed by atoms with van der Waals surface area (Å²) in [6.07, 6.45) is 4.13. The quantitative estimate of drug-likeness (QED) is 0.601. The molecule has 2 N–H and O–H groups in total. The van der Waals surface area contributed by atoms with Crippen LogP contribution >= 0.6 is 0 Å². The minimum absolute atomic E-state index is 0.165. The van der Waals surface area contributed by atoms with Gasteiger partial charge < -0.3 is 10.2 Å². The maximum Gasteiger partial charge on any atom is 0.416 e. The Morgan fingerprint density at radius 1 is 1.31 bits per heavy atom. The van der Waals surface area contributed by atoms with Crippen molar-refractivity contribution >= 4 is 17.8 Å². The number of pyridine rings is 1. The fraction of sp³-hybridized carbons (Fsp3) is 0.235. The summed E-state index contributed by atoms with van der Waals surface area (Å²) in [4.78, 5) is 30.3. The lowest BCUT2D eigenvalue weighted by Crippen LogP contribution is -2.35. The van der Waals surface area contributed by atoms with E-state index in [0.29, 0.717) is 28.4 Å². The van der Waals surface area contributed by atoms with E-state index >= 15 is 0 Å². The number of nitriles is 1. The van der Waals surface area contributed by atoms with Crippen LogP contribution in [0.1, 0.15) is 24.1 Å². The molecule has 9 nitrogen and oxygen atoms in total. The minimum atomic E-state index is -1.52. The highest BCUT2D eigenvalue weighted by atomic mass is 16.4. The van der Waals surface area contributed by atoms with E-state index in [-0.39, 0.29) is 13.0 Å². The second kappa shape index (κ2) is 8.43. The third kappa shape index (κ3) is 4.67. The SMILES string of the molecule is Cc1ccc(-n2cnc(/C(C#N)=C/CCCN(C(=O)O)C(=O)O)c2)nc1. The molecule has 2 aromatic heterocycles. The van der Waals surface area contributed by atoms with Gasteiger partial charge in [-0.1, -0.05) is 12.1 Å². The molecule has 0 bridgehead atoms. The van der Waals surface area contributed by atoms with Crippen LogP contribution in [0.5, 0.6) is 0 Å². The molecule has 0 saturated heterocycles. The molecule has 2 heterocycles. The second-order valence-corrected chi connectivity index (χ2v) is 5.45. The van der Waals surface area contributed by atoms with Crippen LogP contribution in [0.4, 0.5) is 9.59 Å². The molecule has 0 atom stereocenters. The van der Waals surface area contributed by atoms with Crippen LogP contribution in [-0.4, -0.2) is 48.4 Å². The molecule has 0 aliphatic carbocycles. The number of unbranched alkanes of at least 4 members (excludes halogenated alkanes) is 1. The van der Waals surface area contributed by atoms with Crippen molar-refractivity contribution in [1.29, 1.82) is 5.26 Å². The lowest BCUT2D eigenvalue weighted by Gasteiger charge is -2.11. The summed E-state index contributed by atoms with van der Waals surface area (Å²) in [5, 5.41) is 26.8. The lowest BCUT2D eigenvalue weighted by atomic mass is 10.1. The number of aryl methyl sites for hydroxylation is 1. The topological polar surface area (TPSA) is 132 Å². The van der Waals surface area contributed by atoms with Crippen LogP contribution in [0.2, 0.25) is 0 Å². The minimum Gasteiger partial charge on any atom is -0.465 e. The summed E-state index contributed by atoms with van der Waals surface area (Å²) < 4.78 is 1.69. The van der Waals surface area contributed by atoms with E-state index in [1.807, 2.05) is 25.1 Å². The molecule has 134 valence electrons. The van der Waals surface area contributed by atoms with Crippen LogP contribution in [0.15, 0.2) is 36.9 Å². The largest absolute Gasteiger partial charge is 0.465 e. The maximum atomic E-state index is 10.8. The zero-order valence-electron chi connectivity index (χ0n) is 14.0. The highest BCUT2D eigenvalue weighted by Crippen LogP contribution is 2.15. The van der Waals surface area contributed by atoms with E-state index in [1.165, 1.54) is 0 Å². The number of allylic oxidation sites excluding steroid dienone is 2. The van der Waals surface area contributed by atoms with Crippen LogP contribution in [0.25, 0.3) is 11.4 Å². The summed E-state index contributed by atoms with van der Waals surface area (Å²) >= 11 is 0. The molecule has 0 saturated carbocycles. The molecule has 0 aromatic carbocycles. The molecule has 2 aromatic rings. The van der Waals surface area contributed by atoms with Gasteiger partial charge in [0.15, 0.2) is 0 Å². The second-order valence-electron chi connectivity index (χ2n) is 5.45. The number of aromatic nitrogens is 3. The van der Waals surface area contributed by atoms with Crippen molar-refractivity contribution in [1.82, 2.24) is 19.4 Å². The number of hydrogen-bond donors (Lipinski definition) is 2. The van der Waals surface area contributed by atoms with Gasteiger partial charge in [0.1, 0.15) is 18.2 Å². The number of carbonyl (C=O) groups is 2. The molecule has 2 rings (SSSR count). The Kier molecular flexibility index (Phi) is 6.06. The van der Waals surface area contributed by atoms with Gasteiger partial charge in [-0.05, 0) is 31.4 Å². The summed E-state index contributed by atoms with van der Waals surface area (Å²) in [7, 11) is 0. The zero-order valence-corrected chi connectivity index (χ0v) is 14.0. The number of rotatable bonds is 6. The van der Waals surface area contributed by atoms with Crippen molar-refractivity contribution < 1.29 is 19.8 Å². The summed E-state index contributed by atoms with van der Waals surface area (Å²) in [6, 6.07) is 5.80. The van der Waals surface area contributed by atoms with Crippen LogP contribution in [0, 0.1) is 18.3 Å². The van der Waals surface area contributed by atoms with Gasteiger partial charge in [-0.15, -0.1) is 0 Å². The van der Waals surface area contributed by atoms with Gasteiger partial charge in [0.2, 0.25) is 0 Å². The van der Waals surface area contributed by atoms with Gasteiger partial charge in [-0.3, -0.25) is 4.57 Å². The number of imidazole rings is 1. The molecular formula is C17H17N5O4. The molecule has 2 amide bonds. The monoisotopic (exact) mass is 355 g/mol. The van der Waals surface area contributed by atoms with Crippen molar-refractivity contribution in [2.45, 2.75) is 19.8 Å². The first-order valence-electron chi connectivity index (χ1n) is 7.73. The predicted molar refractivity (Wildman–Crippen MR) is 91.7 cm³/mol. The molecule has 9 heteroatoms. The molecule has 0 spiro atoms. The Balaban J connectivity index is 2.03. The van der Waals surface area contributed by atoms with Gasteiger partial charge in [0.25, 0.3) is 0 Å². The Morgan fingerprint density at radius 2 is 2.04 bits per heavy atom. The summed E-state index contributed by atoms with van der Waals surface area (Å²) in [5.74, 6) is 0.671. The average molecular weight is 355 g/mol. The molecule has 0 aliphatic rings. The Morgan fingerprint density at radius 3 is 2.62 bits per heavy atom. The maximum absolute atomic E-state index is 10.8. The van der Waals surface area contributed by atoms with E-state index < -0.39 is 12.2 Å².